The Kier molecular flexibility index (Phi) is 15.8. The molecule has 0 bridgehead atoms. The van der Waals surface area contributed by atoms with Crippen LogP contribution in [-0.4, -0.2) is 56.3 Å². The number of aliphatic imine (C=N–C) groups is 1. The van der Waals surface area contributed by atoms with Gasteiger partial charge < -0.3 is 13.8 Å². The van der Waals surface area contributed by atoms with E-state index in [1.165, 1.54) is 0 Å². The summed E-state index contributed by atoms with van der Waals surface area (Å²) in [5.74, 6) is 0. The summed E-state index contributed by atoms with van der Waals surface area (Å²) in [6.07, 6.45) is -1.97. The lowest BCUT2D eigenvalue weighted by molar-refractivity contribution is 0.0997. The van der Waals surface area contributed by atoms with Crippen molar-refractivity contribution in [3.8, 4) is 66.9 Å². The zero-order valence-electron chi connectivity index (χ0n) is 42.6. The quantitative estimate of drug-likeness (QED) is 0.0598. The Labute approximate surface area is 453 Å². The highest BCUT2D eigenvalue weighted by molar-refractivity contribution is 6.44. The Morgan fingerprint density at radius 1 is 0.410 bits per heavy atom. The molecule has 0 spiro atoms. The van der Waals surface area contributed by atoms with Crippen LogP contribution in [0, 0.1) is 0 Å². The van der Waals surface area contributed by atoms with Crippen molar-refractivity contribution in [1.82, 2.24) is 4.48 Å². The SMILES string of the molecule is FCC(F)COB(OCC(F)CF)n1c(-c2ccc(-c3ccccc3)cc2)cc(-c2ccc(-c3ccccc3)cc2)c1/C(=C1\N=C(c2ccc(-c3ccccc3)cc2)C=C1c1ccc(-c2ccccc2)cc1)c1ccccc1. The standard InChI is InChI=1S/C69H53BF4N2O2/c71-44-61(73)46-77-70(78-47-62(74)45-72)76-66(59-40-32-55(33-41-59)51-22-12-4-13-23-51)43-64(57-36-28-53(29-37-57)49-18-8-2-9-19-49)69(76)67(60-24-14-5-15-25-60)68-63(56-34-26-52(27-35-56)48-16-6-1-7-17-48)42-65(75-68)58-38-30-54(31-39-58)50-20-10-3-11-21-50/h1-43,61-62H,44-47H2/b68-67-. The maximum Gasteiger partial charge on any atom is 0.598 e. The minimum absolute atomic E-state index is 0.526. The van der Waals surface area contributed by atoms with E-state index in [0.29, 0.717) is 39.5 Å². The number of alkyl halides is 4. The summed E-state index contributed by atoms with van der Waals surface area (Å²) in [6.45, 7) is -4.13. The average molecular weight is 1030 g/mol. The van der Waals surface area contributed by atoms with Crippen LogP contribution in [0.3, 0.4) is 0 Å². The molecule has 0 saturated carbocycles. The van der Waals surface area contributed by atoms with Crippen LogP contribution in [0.5, 0.6) is 0 Å². The van der Waals surface area contributed by atoms with Gasteiger partial charge in [0.1, 0.15) is 25.7 Å². The Bertz CT molecular complexity index is 3670. The average Bonchev–Trinajstić information content (AvgIpc) is 4.32. The zero-order valence-corrected chi connectivity index (χ0v) is 42.6. The number of allylic oxidation sites excluding steroid dienone is 2. The number of halogens is 4. The van der Waals surface area contributed by atoms with Gasteiger partial charge in [-0.3, -0.25) is 0 Å². The molecular weight excluding hydrogens is 976 g/mol. The van der Waals surface area contributed by atoms with Crippen molar-refractivity contribution in [2.45, 2.75) is 12.3 Å². The molecule has 1 aromatic heterocycles. The molecule has 0 N–H and O–H groups in total. The Morgan fingerprint density at radius 3 is 1.17 bits per heavy atom. The van der Waals surface area contributed by atoms with Crippen molar-refractivity contribution in [2.24, 2.45) is 4.99 Å². The normalized spacial score (nSPS) is 13.6. The van der Waals surface area contributed by atoms with Gasteiger partial charge in [0, 0.05) is 28.0 Å². The van der Waals surface area contributed by atoms with Crippen LogP contribution in [0.25, 0.3) is 78.0 Å². The van der Waals surface area contributed by atoms with Crippen molar-refractivity contribution in [2.75, 3.05) is 26.6 Å². The molecule has 0 radical (unpaired) electrons. The first-order valence-corrected chi connectivity index (χ1v) is 26.0. The van der Waals surface area contributed by atoms with Gasteiger partial charge in [0.05, 0.1) is 30.3 Å². The minimum Gasteiger partial charge on any atom is -0.388 e. The summed E-state index contributed by atoms with van der Waals surface area (Å²) in [5, 5.41) is 0. The first-order chi connectivity index (χ1) is 38.4. The van der Waals surface area contributed by atoms with Gasteiger partial charge in [-0.05, 0) is 78.9 Å². The smallest absolute Gasteiger partial charge is 0.388 e. The molecule has 4 nitrogen and oxygen atoms in total. The third-order valence-electron chi connectivity index (χ3n) is 13.9. The van der Waals surface area contributed by atoms with E-state index in [9.17, 15) is 8.78 Å². The fourth-order valence-corrected chi connectivity index (χ4v) is 9.94. The van der Waals surface area contributed by atoms with Crippen molar-refractivity contribution >= 4 is 24.1 Å². The van der Waals surface area contributed by atoms with Crippen molar-refractivity contribution in [3.05, 3.63) is 289 Å². The number of nitrogens with zero attached hydrogens (tertiary/aromatic N) is 2. The summed E-state index contributed by atoms with van der Waals surface area (Å²) in [5.41, 5.74) is 16.8. The van der Waals surface area contributed by atoms with Crippen LogP contribution < -0.4 is 0 Å². The maximum atomic E-state index is 15.3. The summed E-state index contributed by atoms with van der Waals surface area (Å²) < 4.78 is 73.2. The van der Waals surface area contributed by atoms with E-state index in [4.69, 9.17) is 14.3 Å². The van der Waals surface area contributed by atoms with Crippen LogP contribution in [0.1, 0.15) is 22.4 Å². The highest BCUT2D eigenvalue weighted by Crippen LogP contribution is 2.46. The van der Waals surface area contributed by atoms with E-state index in [1.54, 1.807) is 4.48 Å². The fraction of sp³-hybridized carbons (Fsp3) is 0.0870. The second-order valence-corrected chi connectivity index (χ2v) is 19.1. The number of hydrogen-bond acceptors (Lipinski definition) is 3. The van der Waals surface area contributed by atoms with Crippen molar-refractivity contribution in [1.29, 1.82) is 0 Å². The monoisotopic (exact) mass is 1030 g/mol. The lowest BCUT2D eigenvalue weighted by Gasteiger charge is -2.25. The maximum absolute atomic E-state index is 15.3. The summed E-state index contributed by atoms with van der Waals surface area (Å²) in [6, 6.07) is 85.3. The Morgan fingerprint density at radius 2 is 0.756 bits per heavy atom. The molecule has 9 heteroatoms. The molecule has 0 aliphatic carbocycles. The van der Waals surface area contributed by atoms with Gasteiger partial charge >= 0.3 is 7.25 Å². The van der Waals surface area contributed by atoms with Crippen LogP contribution in [0.15, 0.2) is 272 Å². The molecule has 2 heterocycles. The topological polar surface area (TPSA) is 35.8 Å². The second-order valence-electron chi connectivity index (χ2n) is 19.1. The van der Waals surface area contributed by atoms with Gasteiger partial charge in [-0.2, -0.15) is 0 Å². The molecule has 382 valence electrons. The van der Waals surface area contributed by atoms with E-state index in [1.807, 2.05) is 146 Å². The number of hydrogen-bond donors (Lipinski definition) is 0. The van der Waals surface area contributed by atoms with Crippen LogP contribution in [0.4, 0.5) is 17.6 Å². The predicted octanol–water partition coefficient (Wildman–Crippen LogP) is 17.3. The summed E-state index contributed by atoms with van der Waals surface area (Å²) >= 11 is 0. The third kappa shape index (κ3) is 11.3. The first kappa shape index (κ1) is 51.2. The largest absolute Gasteiger partial charge is 0.598 e. The summed E-state index contributed by atoms with van der Waals surface area (Å²) in [7, 11) is -1.61. The van der Waals surface area contributed by atoms with E-state index in [0.717, 1.165) is 72.3 Å². The Balaban J connectivity index is 1.21. The van der Waals surface area contributed by atoms with Gasteiger partial charge in [-0.25, -0.2) is 22.6 Å². The Hall–Kier alpha value is -8.89. The van der Waals surface area contributed by atoms with E-state index < -0.39 is 46.2 Å². The van der Waals surface area contributed by atoms with Crippen LogP contribution in [-0.2, 0) is 9.31 Å². The first-order valence-electron chi connectivity index (χ1n) is 26.0. The third-order valence-corrected chi connectivity index (χ3v) is 13.9. The van der Waals surface area contributed by atoms with Crippen LogP contribution in [0.2, 0.25) is 0 Å². The van der Waals surface area contributed by atoms with Crippen molar-refractivity contribution < 1.29 is 26.9 Å². The number of benzene rings is 9. The molecule has 1 aliphatic rings. The molecule has 0 amide bonds. The molecule has 2 atom stereocenters. The molecule has 0 fully saturated rings. The number of rotatable bonds is 19. The lowest BCUT2D eigenvalue weighted by Crippen LogP contribution is -2.38. The van der Waals surface area contributed by atoms with E-state index in [2.05, 4.69) is 115 Å². The fourth-order valence-electron chi connectivity index (χ4n) is 9.94. The molecule has 11 rings (SSSR count). The highest BCUT2D eigenvalue weighted by Gasteiger charge is 2.36. The lowest BCUT2D eigenvalue weighted by atomic mass is 9.89. The molecule has 1 aliphatic heterocycles. The molecular formula is C69H53BF4N2O2. The van der Waals surface area contributed by atoms with Gasteiger partial charge in [0.25, 0.3) is 0 Å². The van der Waals surface area contributed by atoms with Crippen LogP contribution >= 0.6 is 0 Å². The van der Waals surface area contributed by atoms with E-state index in [-0.39, 0.29) is 0 Å². The van der Waals surface area contributed by atoms with Crippen molar-refractivity contribution in [3.63, 3.8) is 0 Å². The van der Waals surface area contributed by atoms with Gasteiger partial charge in [-0.15, -0.1) is 0 Å². The predicted molar refractivity (Wildman–Crippen MR) is 312 cm³/mol. The molecule has 9 aromatic carbocycles. The number of aromatic nitrogens is 1. The second kappa shape index (κ2) is 24.0. The van der Waals surface area contributed by atoms with Gasteiger partial charge in [0.2, 0.25) is 0 Å². The van der Waals surface area contributed by atoms with Gasteiger partial charge in [-0.1, -0.05) is 249 Å². The molecule has 78 heavy (non-hydrogen) atoms. The molecule has 2 unspecified atom stereocenters. The molecule has 0 saturated heterocycles. The van der Waals surface area contributed by atoms with E-state index >= 15 is 8.78 Å². The summed E-state index contributed by atoms with van der Waals surface area (Å²) in [4.78, 5) is 5.63. The molecule has 10 aromatic rings. The highest BCUT2D eigenvalue weighted by atomic mass is 19.2. The zero-order chi connectivity index (χ0) is 53.2. The van der Waals surface area contributed by atoms with Gasteiger partial charge in [0.15, 0.2) is 0 Å². The minimum atomic E-state index is -2.04.